The number of piperidine rings is 1. The molecule has 0 unspecified atom stereocenters. The number of benzene rings is 2. The quantitative estimate of drug-likeness (QED) is 0.574. The number of amides is 2. The Morgan fingerprint density at radius 3 is 2.38 bits per heavy atom. The molecule has 5 nitrogen and oxygen atoms in total. The first-order valence-electron chi connectivity index (χ1n) is 9.91. The maximum Gasteiger partial charge on any atom is 0.313 e. The zero-order valence-electron chi connectivity index (χ0n) is 16.2. The standard InChI is InChI=1S/C22H25F2N3O2/c23-17-8-11-19(24)20(15-17)26-22(29)21(28)25-12-4-5-16-6-9-18(10-7-16)27-13-2-1-3-14-27/h6-11,15H,1-5,12-14H2,(H,25,28)(H,26,29). The Kier molecular flexibility index (Phi) is 7.16. The molecule has 0 radical (unpaired) electrons. The van der Waals surface area contributed by atoms with Crippen LogP contribution < -0.4 is 15.5 Å². The first kappa shape index (κ1) is 20.8. The van der Waals surface area contributed by atoms with Crippen molar-refractivity contribution in [2.24, 2.45) is 0 Å². The lowest BCUT2D eigenvalue weighted by Gasteiger charge is -2.28. The average molecular weight is 401 g/mol. The van der Waals surface area contributed by atoms with Crippen molar-refractivity contribution in [1.29, 1.82) is 0 Å². The molecule has 1 aliphatic rings. The van der Waals surface area contributed by atoms with Crippen molar-refractivity contribution >= 4 is 23.2 Å². The second kappa shape index (κ2) is 10.0. The molecule has 1 aliphatic heterocycles. The van der Waals surface area contributed by atoms with Gasteiger partial charge in [-0.15, -0.1) is 0 Å². The van der Waals surface area contributed by atoms with Gasteiger partial charge in [0.15, 0.2) is 0 Å². The highest BCUT2D eigenvalue weighted by atomic mass is 19.1. The molecule has 2 aromatic carbocycles. The van der Waals surface area contributed by atoms with Crippen LogP contribution in [-0.4, -0.2) is 31.4 Å². The second-order valence-corrected chi connectivity index (χ2v) is 7.15. The number of nitrogens with zero attached hydrogens (tertiary/aromatic N) is 1. The Morgan fingerprint density at radius 1 is 0.931 bits per heavy atom. The number of halogens is 2. The van der Waals surface area contributed by atoms with Gasteiger partial charge in [0.2, 0.25) is 0 Å². The highest BCUT2D eigenvalue weighted by Crippen LogP contribution is 2.20. The summed E-state index contributed by atoms with van der Waals surface area (Å²) < 4.78 is 26.6. The van der Waals surface area contributed by atoms with E-state index >= 15 is 0 Å². The molecule has 154 valence electrons. The Bertz CT molecular complexity index is 850. The summed E-state index contributed by atoms with van der Waals surface area (Å²) in [6, 6.07) is 11.1. The third-order valence-corrected chi connectivity index (χ3v) is 4.97. The summed E-state index contributed by atoms with van der Waals surface area (Å²) in [5.74, 6) is -3.41. The number of rotatable bonds is 6. The van der Waals surface area contributed by atoms with Crippen molar-refractivity contribution in [2.45, 2.75) is 32.1 Å². The van der Waals surface area contributed by atoms with Crippen molar-refractivity contribution in [2.75, 3.05) is 29.9 Å². The predicted molar refractivity (Wildman–Crippen MR) is 109 cm³/mol. The molecule has 0 spiro atoms. The average Bonchev–Trinajstić information content (AvgIpc) is 2.74. The molecule has 1 heterocycles. The van der Waals surface area contributed by atoms with Gasteiger partial charge in [-0.25, -0.2) is 8.78 Å². The van der Waals surface area contributed by atoms with Crippen LogP contribution >= 0.6 is 0 Å². The van der Waals surface area contributed by atoms with Crippen LogP contribution in [0.2, 0.25) is 0 Å². The number of anilines is 2. The zero-order chi connectivity index (χ0) is 20.6. The molecular formula is C22H25F2N3O2. The summed E-state index contributed by atoms with van der Waals surface area (Å²) in [5, 5.41) is 4.57. The molecule has 0 aliphatic carbocycles. The van der Waals surface area contributed by atoms with E-state index in [2.05, 4.69) is 39.8 Å². The molecule has 7 heteroatoms. The van der Waals surface area contributed by atoms with Crippen LogP contribution in [0, 0.1) is 11.6 Å². The first-order valence-corrected chi connectivity index (χ1v) is 9.91. The SMILES string of the molecule is O=C(NCCCc1ccc(N2CCCCC2)cc1)C(=O)Nc1cc(F)ccc1F. The van der Waals surface area contributed by atoms with Gasteiger partial charge in [0.25, 0.3) is 0 Å². The number of carbonyl (C=O) groups excluding carboxylic acids is 2. The lowest BCUT2D eigenvalue weighted by Crippen LogP contribution is -2.36. The fourth-order valence-corrected chi connectivity index (χ4v) is 3.37. The summed E-state index contributed by atoms with van der Waals surface area (Å²) >= 11 is 0. The third kappa shape index (κ3) is 6.01. The monoisotopic (exact) mass is 401 g/mol. The van der Waals surface area contributed by atoms with E-state index in [4.69, 9.17) is 0 Å². The Labute approximate surface area is 169 Å². The maximum absolute atomic E-state index is 13.5. The Balaban J connectivity index is 1.39. The van der Waals surface area contributed by atoms with Crippen LogP contribution in [-0.2, 0) is 16.0 Å². The van der Waals surface area contributed by atoms with E-state index in [0.29, 0.717) is 13.0 Å². The number of hydrogen-bond acceptors (Lipinski definition) is 3. The number of hydrogen-bond donors (Lipinski definition) is 2. The van der Waals surface area contributed by atoms with Crippen molar-refractivity contribution in [3.8, 4) is 0 Å². The molecule has 2 N–H and O–H groups in total. The largest absolute Gasteiger partial charge is 0.372 e. The van der Waals surface area contributed by atoms with E-state index in [9.17, 15) is 18.4 Å². The third-order valence-electron chi connectivity index (χ3n) is 4.97. The molecule has 3 rings (SSSR count). The maximum atomic E-state index is 13.5. The van der Waals surface area contributed by atoms with E-state index in [0.717, 1.165) is 43.3 Å². The Hall–Kier alpha value is -2.96. The summed E-state index contributed by atoms with van der Waals surface area (Å²) in [6.07, 6.45) is 5.20. The Morgan fingerprint density at radius 2 is 1.66 bits per heavy atom. The van der Waals surface area contributed by atoms with Crippen LogP contribution in [0.25, 0.3) is 0 Å². The molecule has 0 atom stereocenters. The summed E-state index contributed by atoms with van der Waals surface area (Å²) in [6.45, 7) is 2.52. The van der Waals surface area contributed by atoms with E-state index in [-0.39, 0.29) is 5.69 Å². The van der Waals surface area contributed by atoms with Gasteiger partial charge in [-0.1, -0.05) is 12.1 Å². The molecule has 2 aromatic rings. The fourth-order valence-electron chi connectivity index (χ4n) is 3.37. The molecule has 1 fully saturated rings. The van der Waals surface area contributed by atoms with Gasteiger partial charge in [0.1, 0.15) is 11.6 Å². The lowest BCUT2D eigenvalue weighted by atomic mass is 10.1. The molecule has 1 saturated heterocycles. The summed E-state index contributed by atoms with van der Waals surface area (Å²) in [4.78, 5) is 26.0. The topological polar surface area (TPSA) is 61.4 Å². The van der Waals surface area contributed by atoms with E-state index < -0.39 is 23.4 Å². The fraction of sp³-hybridized carbons (Fsp3) is 0.364. The van der Waals surface area contributed by atoms with E-state index in [1.54, 1.807) is 0 Å². The van der Waals surface area contributed by atoms with Crippen LogP contribution in [0.4, 0.5) is 20.2 Å². The van der Waals surface area contributed by atoms with Crippen molar-refractivity contribution in [3.05, 3.63) is 59.7 Å². The van der Waals surface area contributed by atoms with Crippen molar-refractivity contribution < 1.29 is 18.4 Å². The molecule has 0 bridgehead atoms. The van der Waals surface area contributed by atoms with Gasteiger partial charge in [0.05, 0.1) is 5.69 Å². The van der Waals surface area contributed by atoms with Crippen molar-refractivity contribution in [1.82, 2.24) is 5.32 Å². The zero-order valence-corrected chi connectivity index (χ0v) is 16.2. The van der Waals surface area contributed by atoms with E-state index in [1.165, 1.54) is 24.9 Å². The highest BCUT2D eigenvalue weighted by Gasteiger charge is 2.15. The molecule has 29 heavy (non-hydrogen) atoms. The summed E-state index contributed by atoms with van der Waals surface area (Å²) in [7, 11) is 0. The normalized spacial score (nSPS) is 13.8. The molecule has 0 aromatic heterocycles. The van der Waals surface area contributed by atoms with Crippen LogP contribution in [0.3, 0.4) is 0 Å². The molecule has 2 amide bonds. The van der Waals surface area contributed by atoms with Crippen LogP contribution in [0.1, 0.15) is 31.2 Å². The lowest BCUT2D eigenvalue weighted by molar-refractivity contribution is -0.136. The van der Waals surface area contributed by atoms with Gasteiger partial charge >= 0.3 is 11.8 Å². The molecule has 0 saturated carbocycles. The smallest absolute Gasteiger partial charge is 0.313 e. The number of carbonyl (C=O) groups is 2. The highest BCUT2D eigenvalue weighted by molar-refractivity contribution is 6.39. The predicted octanol–water partition coefficient (Wildman–Crippen LogP) is 3.64. The summed E-state index contributed by atoms with van der Waals surface area (Å²) in [5.41, 5.74) is 2.04. The minimum absolute atomic E-state index is 0.311. The molecular weight excluding hydrogens is 376 g/mol. The first-order chi connectivity index (χ1) is 14.0. The minimum atomic E-state index is -1.03. The van der Waals surface area contributed by atoms with Crippen molar-refractivity contribution in [3.63, 3.8) is 0 Å². The van der Waals surface area contributed by atoms with Crippen LogP contribution in [0.5, 0.6) is 0 Å². The second-order valence-electron chi connectivity index (χ2n) is 7.15. The van der Waals surface area contributed by atoms with E-state index in [1.807, 2.05) is 0 Å². The minimum Gasteiger partial charge on any atom is -0.372 e. The van der Waals surface area contributed by atoms with Gasteiger partial charge in [-0.3, -0.25) is 9.59 Å². The van der Waals surface area contributed by atoms with Gasteiger partial charge in [-0.05, 0) is 61.9 Å². The van der Waals surface area contributed by atoms with Gasteiger partial charge < -0.3 is 15.5 Å². The number of aryl methyl sites for hydroxylation is 1. The number of nitrogens with one attached hydrogen (secondary N) is 2. The van der Waals surface area contributed by atoms with Gasteiger partial charge in [0, 0.05) is 31.4 Å². The van der Waals surface area contributed by atoms with Gasteiger partial charge in [-0.2, -0.15) is 0 Å². The van der Waals surface area contributed by atoms with Crippen LogP contribution in [0.15, 0.2) is 42.5 Å².